The standard InChI is InChI=1S/C14H10Cl3FN2O/c1-7(10-6-9(18)2-3-13(10)21)19-20-14-11(16)4-8(15)5-12(14)17/h2-6,20-21H,1H3/b19-7+. The van der Waals surface area contributed by atoms with Crippen molar-refractivity contribution < 1.29 is 9.50 Å². The Morgan fingerprint density at radius 2 is 1.76 bits per heavy atom. The van der Waals surface area contributed by atoms with Crippen molar-refractivity contribution in [2.24, 2.45) is 5.10 Å². The lowest BCUT2D eigenvalue weighted by Crippen LogP contribution is -2.01. The molecule has 21 heavy (non-hydrogen) atoms. The highest BCUT2D eigenvalue weighted by atomic mass is 35.5. The van der Waals surface area contributed by atoms with Crippen LogP contribution in [0.5, 0.6) is 5.75 Å². The minimum absolute atomic E-state index is 0.0762. The molecule has 0 spiro atoms. The zero-order valence-corrected chi connectivity index (χ0v) is 13.1. The molecule has 0 aromatic heterocycles. The topological polar surface area (TPSA) is 44.6 Å². The Morgan fingerprint density at radius 1 is 1.14 bits per heavy atom. The van der Waals surface area contributed by atoms with Crippen molar-refractivity contribution in [3.63, 3.8) is 0 Å². The van der Waals surface area contributed by atoms with Crippen molar-refractivity contribution in [3.8, 4) is 5.75 Å². The molecule has 2 aromatic rings. The number of phenolic OH excluding ortho intramolecular Hbond substituents is 1. The smallest absolute Gasteiger partial charge is 0.124 e. The molecule has 2 rings (SSSR count). The maximum absolute atomic E-state index is 13.2. The number of nitrogens with one attached hydrogen (secondary N) is 1. The second kappa shape index (κ2) is 6.52. The van der Waals surface area contributed by atoms with Crippen LogP contribution in [-0.4, -0.2) is 10.8 Å². The summed E-state index contributed by atoms with van der Waals surface area (Å²) in [6.07, 6.45) is 0. The van der Waals surface area contributed by atoms with E-state index in [9.17, 15) is 9.50 Å². The number of benzene rings is 2. The van der Waals surface area contributed by atoms with Gasteiger partial charge in [-0.15, -0.1) is 0 Å². The quantitative estimate of drug-likeness (QED) is 0.582. The van der Waals surface area contributed by atoms with Gasteiger partial charge in [-0.25, -0.2) is 4.39 Å². The fourth-order valence-electron chi connectivity index (χ4n) is 1.65. The first-order valence-electron chi connectivity index (χ1n) is 5.82. The van der Waals surface area contributed by atoms with Gasteiger partial charge in [0, 0.05) is 10.6 Å². The van der Waals surface area contributed by atoms with Crippen LogP contribution in [0.3, 0.4) is 0 Å². The number of aromatic hydroxyl groups is 1. The van der Waals surface area contributed by atoms with Gasteiger partial charge in [0.25, 0.3) is 0 Å². The molecule has 0 atom stereocenters. The van der Waals surface area contributed by atoms with E-state index in [0.717, 1.165) is 6.07 Å². The van der Waals surface area contributed by atoms with Crippen LogP contribution in [-0.2, 0) is 0 Å². The minimum atomic E-state index is -0.472. The third-order valence-electron chi connectivity index (χ3n) is 2.69. The monoisotopic (exact) mass is 346 g/mol. The van der Waals surface area contributed by atoms with Crippen LogP contribution in [0, 0.1) is 5.82 Å². The normalized spacial score (nSPS) is 11.6. The molecule has 0 aliphatic carbocycles. The van der Waals surface area contributed by atoms with Gasteiger partial charge in [-0.3, -0.25) is 5.43 Å². The first-order valence-corrected chi connectivity index (χ1v) is 6.95. The second-order valence-electron chi connectivity index (χ2n) is 4.21. The highest BCUT2D eigenvalue weighted by Crippen LogP contribution is 2.33. The van der Waals surface area contributed by atoms with Gasteiger partial charge in [-0.2, -0.15) is 5.10 Å². The predicted octanol–water partition coefficient (Wildman–Crippen LogP) is 5.33. The molecule has 0 saturated heterocycles. The van der Waals surface area contributed by atoms with E-state index in [1.54, 1.807) is 6.92 Å². The first kappa shape index (κ1) is 15.9. The summed E-state index contributed by atoms with van der Waals surface area (Å²) >= 11 is 17.8. The van der Waals surface area contributed by atoms with Crippen LogP contribution in [0.2, 0.25) is 15.1 Å². The van der Waals surface area contributed by atoms with E-state index in [0.29, 0.717) is 26.5 Å². The largest absolute Gasteiger partial charge is 0.507 e. The van der Waals surface area contributed by atoms with Gasteiger partial charge >= 0.3 is 0 Å². The number of nitrogens with zero attached hydrogens (tertiary/aromatic N) is 1. The fourth-order valence-corrected chi connectivity index (χ4v) is 2.55. The van der Waals surface area contributed by atoms with Crippen molar-refractivity contribution in [2.45, 2.75) is 6.92 Å². The highest BCUT2D eigenvalue weighted by molar-refractivity contribution is 6.41. The number of hydrogen-bond acceptors (Lipinski definition) is 3. The van der Waals surface area contributed by atoms with Gasteiger partial charge in [0.2, 0.25) is 0 Å². The lowest BCUT2D eigenvalue weighted by Gasteiger charge is -2.09. The van der Waals surface area contributed by atoms with Gasteiger partial charge in [-0.1, -0.05) is 34.8 Å². The number of rotatable bonds is 3. The Bertz CT molecular complexity index is 696. The summed E-state index contributed by atoms with van der Waals surface area (Å²) in [5.41, 5.74) is 3.70. The molecule has 7 heteroatoms. The molecule has 3 nitrogen and oxygen atoms in total. The molecule has 0 heterocycles. The predicted molar refractivity (Wildman–Crippen MR) is 85.4 cm³/mol. The maximum Gasteiger partial charge on any atom is 0.124 e. The van der Waals surface area contributed by atoms with E-state index < -0.39 is 5.82 Å². The fraction of sp³-hybridized carbons (Fsp3) is 0.0714. The summed E-state index contributed by atoms with van der Waals surface area (Å²) < 4.78 is 13.2. The molecule has 0 saturated carbocycles. The van der Waals surface area contributed by atoms with Crippen LogP contribution in [0.25, 0.3) is 0 Å². The van der Waals surface area contributed by atoms with Crippen molar-refractivity contribution in [2.75, 3.05) is 5.43 Å². The molecule has 110 valence electrons. The van der Waals surface area contributed by atoms with E-state index in [1.165, 1.54) is 24.3 Å². The van der Waals surface area contributed by atoms with Crippen LogP contribution in [0.1, 0.15) is 12.5 Å². The molecule has 0 radical (unpaired) electrons. The molecular weight excluding hydrogens is 338 g/mol. The summed E-state index contributed by atoms with van der Waals surface area (Å²) in [6.45, 7) is 1.61. The Morgan fingerprint density at radius 3 is 2.38 bits per heavy atom. The first-order chi connectivity index (χ1) is 9.88. The van der Waals surface area contributed by atoms with Crippen LogP contribution in [0.4, 0.5) is 10.1 Å². The lowest BCUT2D eigenvalue weighted by atomic mass is 10.1. The molecule has 0 unspecified atom stereocenters. The summed E-state index contributed by atoms with van der Waals surface area (Å²) in [6, 6.07) is 6.63. The summed E-state index contributed by atoms with van der Waals surface area (Å²) in [7, 11) is 0. The van der Waals surface area contributed by atoms with E-state index in [-0.39, 0.29) is 11.3 Å². The lowest BCUT2D eigenvalue weighted by molar-refractivity contribution is 0.472. The highest BCUT2D eigenvalue weighted by Gasteiger charge is 2.09. The van der Waals surface area contributed by atoms with E-state index in [1.807, 2.05) is 0 Å². The number of hydrogen-bond donors (Lipinski definition) is 2. The van der Waals surface area contributed by atoms with Gasteiger partial charge < -0.3 is 5.11 Å². The minimum Gasteiger partial charge on any atom is -0.507 e. The molecular formula is C14H10Cl3FN2O. The van der Waals surface area contributed by atoms with Crippen molar-refractivity contribution in [1.29, 1.82) is 0 Å². The van der Waals surface area contributed by atoms with E-state index in [2.05, 4.69) is 10.5 Å². The number of hydrazone groups is 1. The zero-order chi connectivity index (χ0) is 15.6. The summed E-state index contributed by atoms with van der Waals surface area (Å²) in [5.74, 6) is -0.548. The molecule has 0 aliphatic rings. The van der Waals surface area contributed by atoms with E-state index in [4.69, 9.17) is 34.8 Å². The van der Waals surface area contributed by atoms with Crippen molar-refractivity contribution >= 4 is 46.2 Å². The van der Waals surface area contributed by atoms with Crippen LogP contribution >= 0.6 is 34.8 Å². The van der Waals surface area contributed by atoms with Crippen LogP contribution < -0.4 is 5.43 Å². The van der Waals surface area contributed by atoms with Gasteiger partial charge in [0.15, 0.2) is 0 Å². The van der Waals surface area contributed by atoms with Gasteiger partial charge in [-0.05, 0) is 37.3 Å². The Kier molecular flexibility index (Phi) is 4.93. The number of halogens is 4. The summed E-state index contributed by atoms with van der Waals surface area (Å²) in [4.78, 5) is 0. The zero-order valence-electron chi connectivity index (χ0n) is 10.8. The molecule has 2 N–H and O–H groups in total. The Hall–Kier alpha value is -1.49. The average Bonchev–Trinajstić information content (AvgIpc) is 2.40. The van der Waals surface area contributed by atoms with Crippen molar-refractivity contribution in [1.82, 2.24) is 0 Å². The van der Waals surface area contributed by atoms with Crippen LogP contribution in [0.15, 0.2) is 35.4 Å². The van der Waals surface area contributed by atoms with E-state index >= 15 is 0 Å². The number of phenols is 1. The van der Waals surface area contributed by atoms with Crippen molar-refractivity contribution in [3.05, 3.63) is 56.8 Å². The molecule has 0 fully saturated rings. The van der Waals surface area contributed by atoms with Gasteiger partial charge in [0.1, 0.15) is 11.6 Å². The molecule has 0 amide bonds. The Labute approximate surface area is 136 Å². The second-order valence-corrected chi connectivity index (χ2v) is 5.47. The third-order valence-corrected chi connectivity index (χ3v) is 3.51. The van der Waals surface area contributed by atoms with Gasteiger partial charge in [0.05, 0.1) is 21.4 Å². The maximum atomic E-state index is 13.2. The Balaban J connectivity index is 2.31. The molecule has 0 bridgehead atoms. The summed E-state index contributed by atoms with van der Waals surface area (Å²) in [5, 5.41) is 14.7. The molecule has 2 aromatic carbocycles. The third kappa shape index (κ3) is 3.79. The average molecular weight is 348 g/mol. The number of anilines is 1. The SMILES string of the molecule is C/C(=N\Nc1c(Cl)cc(Cl)cc1Cl)c1cc(F)ccc1O. The molecule has 0 aliphatic heterocycles.